The summed E-state index contributed by atoms with van der Waals surface area (Å²) in [5.41, 5.74) is 0. The van der Waals surface area contributed by atoms with E-state index in [-0.39, 0.29) is 0 Å². The Morgan fingerprint density at radius 2 is 2.11 bits per heavy atom. The summed E-state index contributed by atoms with van der Waals surface area (Å²) in [6, 6.07) is 0. The van der Waals surface area contributed by atoms with E-state index in [9.17, 15) is 4.79 Å². The van der Waals surface area contributed by atoms with Crippen LogP contribution >= 0.6 is 15.9 Å². The Kier molecular flexibility index (Phi) is 7.79. The second kappa shape index (κ2) is 7.89. The van der Waals surface area contributed by atoms with E-state index in [0.717, 1.165) is 24.5 Å². The average Bonchev–Trinajstić information content (AvgIpc) is 1.89. The van der Waals surface area contributed by atoms with E-state index in [4.69, 9.17) is 0 Å². The Hall–Kier alpha value is -0.110. The standard InChI is InChI=1S/C7H11BrO/c8-6-4-2-1-3-5-7-9/h3,5,7H,1-2,4,6H2/b5-3+. The second-order valence-corrected chi connectivity index (χ2v) is 2.54. The Morgan fingerprint density at radius 3 is 2.67 bits per heavy atom. The maximum absolute atomic E-state index is 9.74. The molecule has 0 atom stereocenters. The molecule has 0 aliphatic carbocycles. The predicted molar refractivity (Wildman–Crippen MR) is 42.8 cm³/mol. The van der Waals surface area contributed by atoms with Crippen molar-refractivity contribution in [1.29, 1.82) is 0 Å². The zero-order chi connectivity index (χ0) is 6.95. The lowest BCUT2D eigenvalue weighted by atomic mass is 10.2. The van der Waals surface area contributed by atoms with Crippen LogP contribution in [-0.2, 0) is 4.79 Å². The molecule has 9 heavy (non-hydrogen) atoms. The minimum atomic E-state index is 0.814. The number of carbonyl (C=O) groups is 1. The SMILES string of the molecule is O=C/C=C/CCCCBr. The smallest absolute Gasteiger partial charge is 0.142 e. The van der Waals surface area contributed by atoms with Crippen molar-refractivity contribution in [3.8, 4) is 0 Å². The van der Waals surface area contributed by atoms with Crippen LogP contribution in [0.1, 0.15) is 19.3 Å². The Labute approximate surface area is 64.3 Å². The van der Waals surface area contributed by atoms with Gasteiger partial charge in [-0.05, 0) is 25.3 Å². The lowest BCUT2D eigenvalue weighted by Gasteiger charge is -1.87. The predicted octanol–water partition coefficient (Wildman–Crippen LogP) is 2.31. The van der Waals surface area contributed by atoms with E-state index < -0.39 is 0 Å². The van der Waals surface area contributed by atoms with Crippen LogP contribution in [0.15, 0.2) is 12.2 Å². The molecule has 0 amide bonds. The zero-order valence-electron chi connectivity index (χ0n) is 5.35. The van der Waals surface area contributed by atoms with Crippen molar-refractivity contribution in [3.63, 3.8) is 0 Å². The first kappa shape index (κ1) is 8.89. The monoisotopic (exact) mass is 190 g/mol. The van der Waals surface area contributed by atoms with Crippen molar-refractivity contribution < 1.29 is 4.79 Å². The minimum Gasteiger partial charge on any atom is -0.299 e. The normalized spacial score (nSPS) is 10.3. The van der Waals surface area contributed by atoms with Crippen LogP contribution < -0.4 is 0 Å². The van der Waals surface area contributed by atoms with Crippen LogP contribution in [0, 0.1) is 0 Å². The van der Waals surface area contributed by atoms with Gasteiger partial charge in [-0.1, -0.05) is 22.0 Å². The molecule has 0 aliphatic rings. The number of aldehydes is 1. The van der Waals surface area contributed by atoms with Gasteiger partial charge in [0.25, 0.3) is 0 Å². The van der Waals surface area contributed by atoms with Gasteiger partial charge in [0.1, 0.15) is 6.29 Å². The summed E-state index contributed by atoms with van der Waals surface area (Å²) in [5, 5.41) is 1.06. The fraction of sp³-hybridized carbons (Fsp3) is 0.571. The quantitative estimate of drug-likeness (QED) is 0.282. The summed E-state index contributed by atoms with van der Waals surface area (Å²) in [4.78, 5) is 9.74. The molecule has 0 unspecified atom stereocenters. The molecule has 0 spiro atoms. The molecular weight excluding hydrogens is 180 g/mol. The van der Waals surface area contributed by atoms with Crippen molar-refractivity contribution in [2.24, 2.45) is 0 Å². The van der Waals surface area contributed by atoms with E-state index in [0.29, 0.717) is 0 Å². The van der Waals surface area contributed by atoms with Crippen LogP contribution in [0.25, 0.3) is 0 Å². The molecule has 0 fully saturated rings. The number of unbranched alkanes of at least 4 members (excludes halogenated alkanes) is 2. The molecule has 0 radical (unpaired) electrons. The molecule has 0 rings (SSSR count). The van der Waals surface area contributed by atoms with Gasteiger partial charge in [-0.3, -0.25) is 4.79 Å². The zero-order valence-corrected chi connectivity index (χ0v) is 6.93. The number of halogens is 1. The van der Waals surface area contributed by atoms with E-state index >= 15 is 0 Å². The van der Waals surface area contributed by atoms with Crippen LogP contribution in [0.2, 0.25) is 0 Å². The van der Waals surface area contributed by atoms with Crippen LogP contribution in [-0.4, -0.2) is 11.6 Å². The van der Waals surface area contributed by atoms with E-state index in [2.05, 4.69) is 15.9 Å². The lowest BCUT2D eigenvalue weighted by Crippen LogP contribution is -1.73. The van der Waals surface area contributed by atoms with Crippen molar-refractivity contribution in [1.82, 2.24) is 0 Å². The summed E-state index contributed by atoms with van der Waals surface area (Å²) in [5.74, 6) is 0. The third-order valence-corrected chi connectivity index (χ3v) is 1.53. The van der Waals surface area contributed by atoms with Gasteiger partial charge in [-0.2, -0.15) is 0 Å². The van der Waals surface area contributed by atoms with Crippen molar-refractivity contribution in [3.05, 3.63) is 12.2 Å². The highest BCUT2D eigenvalue weighted by atomic mass is 79.9. The summed E-state index contributed by atoms with van der Waals surface area (Å²) >= 11 is 3.32. The van der Waals surface area contributed by atoms with Crippen LogP contribution in [0.3, 0.4) is 0 Å². The molecular formula is C7H11BrO. The number of rotatable bonds is 5. The van der Waals surface area contributed by atoms with Gasteiger partial charge in [0, 0.05) is 5.33 Å². The summed E-state index contributed by atoms with van der Waals surface area (Å²) in [7, 11) is 0. The molecule has 0 aromatic rings. The Morgan fingerprint density at radius 1 is 1.33 bits per heavy atom. The van der Waals surface area contributed by atoms with Gasteiger partial charge in [0.15, 0.2) is 0 Å². The Balaban J connectivity index is 2.90. The van der Waals surface area contributed by atoms with Gasteiger partial charge in [0.05, 0.1) is 0 Å². The van der Waals surface area contributed by atoms with Gasteiger partial charge in [-0.15, -0.1) is 0 Å². The maximum atomic E-state index is 9.74. The molecule has 1 nitrogen and oxygen atoms in total. The molecule has 0 saturated heterocycles. The average molecular weight is 191 g/mol. The van der Waals surface area contributed by atoms with Crippen molar-refractivity contribution in [2.75, 3.05) is 5.33 Å². The third kappa shape index (κ3) is 7.89. The molecule has 0 saturated carbocycles. The molecule has 2 heteroatoms. The van der Waals surface area contributed by atoms with E-state index in [1.165, 1.54) is 6.42 Å². The first-order chi connectivity index (χ1) is 4.41. The molecule has 0 bridgehead atoms. The lowest BCUT2D eigenvalue weighted by molar-refractivity contribution is -0.104. The van der Waals surface area contributed by atoms with E-state index in [1.54, 1.807) is 6.08 Å². The number of allylic oxidation sites excluding steroid dienone is 2. The second-order valence-electron chi connectivity index (χ2n) is 1.75. The Bertz CT molecular complexity index is 88.9. The first-order valence-corrected chi connectivity index (χ1v) is 4.20. The third-order valence-electron chi connectivity index (χ3n) is 0.969. The highest BCUT2D eigenvalue weighted by Crippen LogP contribution is 1.98. The van der Waals surface area contributed by atoms with Crippen molar-refractivity contribution in [2.45, 2.75) is 19.3 Å². The van der Waals surface area contributed by atoms with Gasteiger partial charge < -0.3 is 0 Å². The minimum absolute atomic E-state index is 0.814. The highest BCUT2D eigenvalue weighted by molar-refractivity contribution is 9.09. The maximum Gasteiger partial charge on any atom is 0.142 e. The van der Waals surface area contributed by atoms with Crippen molar-refractivity contribution >= 4 is 22.2 Å². The molecule has 0 aromatic heterocycles. The van der Waals surface area contributed by atoms with Gasteiger partial charge in [-0.25, -0.2) is 0 Å². The number of carbonyl (C=O) groups excluding carboxylic acids is 1. The largest absolute Gasteiger partial charge is 0.299 e. The summed E-state index contributed by atoms with van der Waals surface area (Å²) < 4.78 is 0. The first-order valence-electron chi connectivity index (χ1n) is 3.08. The van der Waals surface area contributed by atoms with Gasteiger partial charge >= 0.3 is 0 Å². The topological polar surface area (TPSA) is 17.1 Å². The number of hydrogen-bond donors (Lipinski definition) is 0. The number of alkyl halides is 1. The number of hydrogen-bond acceptors (Lipinski definition) is 1. The molecule has 0 heterocycles. The van der Waals surface area contributed by atoms with E-state index in [1.807, 2.05) is 6.08 Å². The van der Waals surface area contributed by atoms with Crippen LogP contribution in [0.4, 0.5) is 0 Å². The summed E-state index contributed by atoms with van der Waals surface area (Å²) in [6.07, 6.45) is 7.63. The molecule has 52 valence electrons. The molecule has 0 aliphatic heterocycles. The highest BCUT2D eigenvalue weighted by Gasteiger charge is 1.80. The molecule has 0 aromatic carbocycles. The fourth-order valence-electron chi connectivity index (χ4n) is 0.508. The fourth-order valence-corrected chi connectivity index (χ4v) is 0.905. The van der Waals surface area contributed by atoms with Gasteiger partial charge in [0.2, 0.25) is 0 Å². The molecule has 0 N–H and O–H groups in total. The summed E-state index contributed by atoms with van der Waals surface area (Å²) in [6.45, 7) is 0. The van der Waals surface area contributed by atoms with Crippen LogP contribution in [0.5, 0.6) is 0 Å².